The van der Waals surface area contributed by atoms with Crippen LogP contribution in [0.25, 0.3) is 89.7 Å². The third-order valence-corrected chi connectivity index (χ3v) is 14.9. The summed E-state index contributed by atoms with van der Waals surface area (Å²) < 4.78 is 145. The molecule has 34 heteroatoms. The Balaban J connectivity index is 0.00000205. The minimum Gasteiger partial charge on any atom is -0.744 e. The van der Waals surface area contributed by atoms with E-state index < -0.39 is 77.3 Å². The van der Waals surface area contributed by atoms with Crippen LogP contribution in [0.5, 0.6) is 0 Å². The van der Waals surface area contributed by atoms with Crippen LogP contribution in [-0.4, -0.2) is 92.2 Å². The fraction of sp³-hybridized carbons (Fsp3) is 0. The molecule has 2 aliphatic heterocycles. The van der Waals surface area contributed by atoms with Crippen molar-refractivity contribution in [1.82, 2.24) is 54.8 Å². The van der Waals surface area contributed by atoms with Gasteiger partial charge in [0.1, 0.15) is 30.4 Å². The van der Waals surface area contributed by atoms with E-state index >= 15 is 0 Å². The molecule has 0 saturated carbocycles. The van der Waals surface area contributed by atoms with Gasteiger partial charge in [-0.25, -0.2) is 43.6 Å². The van der Waals surface area contributed by atoms with Gasteiger partial charge in [0, 0.05) is 55.9 Å². The SMILES string of the molecule is Nc1nc(Cl)nc(Nc2cccc(NS(=O)(=O)c3cccc4c3-c3nc-4nc4[n-]c(nc5nc(nc6[n-]c(n3)c3cc(S(=O)(=O)[O-])ccc63)-c3cccc(S(=O)(=O)[O-])c3-5)c3cccc(S(=O)(=O)[O-])c43)c2)n1.[Cu+2].[Na+].[Na+].[Na+]. The van der Waals surface area contributed by atoms with Crippen molar-refractivity contribution >= 4 is 119 Å². The topological polar surface area (TPSA) is 400 Å². The summed E-state index contributed by atoms with van der Waals surface area (Å²) >= 11 is 5.92. The van der Waals surface area contributed by atoms with Gasteiger partial charge in [-0.3, -0.25) is 4.72 Å². The molecule has 9 aromatic rings. The van der Waals surface area contributed by atoms with Crippen LogP contribution in [0, 0.1) is 0 Å². The minimum absolute atomic E-state index is 0. The van der Waals surface area contributed by atoms with Crippen molar-refractivity contribution in [3.05, 3.63) is 102 Å². The fourth-order valence-corrected chi connectivity index (χ4v) is 11.2. The van der Waals surface area contributed by atoms with E-state index in [1.807, 2.05) is 0 Å². The Kier molecular flexibility index (Phi) is 16.5. The van der Waals surface area contributed by atoms with Crippen molar-refractivity contribution in [3.8, 4) is 45.6 Å². The second-order valence-corrected chi connectivity index (χ2v) is 21.3. The van der Waals surface area contributed by atoms with Crippen LogP contribution < -0.4 is 114 Å². The van der Waals surface area contributed by atoms with Gasteiger partial charge in [-0.1, -0.05) is 48.5 Å². The molecule has 75 heavy (non-hydrogen) atoms. The van der Waals surface area contributed by atoms with Gasteiger partial charge >= 0.3 is 106 Å². The Labute approximate surface area is 504 Å². The molecule has 5 aromatic carbocycles. The smallest absolute Gasteiger partial charge is 0.744 e. The maximum Gasteiger partial charge on any atom is 2.00 e. The zero-order valence-corrected chi connectivity index (χ0v) is 49.0. The molecule has 6 heterocycles. The summed E-state index contributed by atoms with van der Waals surface area (Å²) in [7, 11) is -20.4. The molecule has 4 N–H and O–H groups in total. The molecule has 11 rings (SSSR count). The zero-order valence-electron chi connectivity index (χ0n) is 38.0. The molecule has 0 amide bonds. The number of aromatic nitrogens is 11. The Hall–Kier alpha value is -4.64. The second kappa shape index (κ2) is 21.3. The van der Waals surface area contributed by atoms with Gasteiger partial charge in [-0.2, -0.15) is 15.0 Å². The first-order valence-electron chi connectivity index (χ1n) is 19.8. The average molecular weight is 1180 g/mol. The molecule has 0 atom stereocenters. The summed E-state index contributed by atoms with van der Waals surface area (Å²) in [6.07, 6.45) is 0. The predicted octanol–water partition coefficient (Wildman–Crippen LogP) is -5.19. The molecular formula is C41H20ClCuN14Na3O11S4. The number of nitrogens with one attached hydrogen (secondary N) is 2. The fourth-order valence-electron chi connectivity index (χ4n) is 7.90. The normalized spacial score (nSPS) is 12.1. The van der Waals surface area contributed by atoms with Crippen molar-refractivity contribution in [1.29, 1.82) is 0 Å². The summed E-state index contributed by atoms with van der Waals surface area (Å²) in [6.45, 7) is 0. The summed E-state index contributed by atoms with van der Waals surface area (Å²) in [5.41, 5.74) is 3.87. The van der Waals surface area contributed by atoms with Crippen LogP contribution in [0.3, 0.4) is 0 Å². The zero-order chi connectivity index (χ0) is 49.9. The quantitative estimate of drug-likeness (QED) is 0.0945. The third-order valence-electron chi connectivity index (χ3n) is 10.8. The van der Waals surface area contributed by atoms with Gasteiger partial charge in [0.05, 0.1) is 48.6 Å². The number of hydrogen-bond acceptors (Lipinski definition) is 22. The number of nitrogens with two attached hydrogens (primary N) is 1. The van der Waals surface area contributed by atoms with Crippen molar-refractivity contribution in [2.24, 2.45) is 0 Å². The van der Waals surface area contributed by atoms with Gasteiger partial charge in [-0.15, -0.1) is 0 Å². The van der Waals surface area contributed by atoms with Crippen LogP contribution in [0.15, 0.2) is 117 Å². The van der Waals surface area contributed by atoms with E-state index in [1.54, 1.807) is 6.07 Å². The molecule has 8 bridgehead atoms. The number of nitrogen functional groups attached to an aromatic ring is 1. The number of benzene rings is 5. The van der Waals surface area contributed by atoms with E-state index in [0.717, 1.165) is 24.3 Å². The Bertz CT molecular complexity index is 4530. The molecule has 365 valence electrons. The van der Waals surface area contributed by atoms with E-state index in [9.17, 15) is 47.3 Å². The Morgan fingerprint density at radius 2 is 1.01 bits per heavy atom. The molecule has 1 radical (unpaired) electrons. The third kappa shape index (κ3) is 11.0. The van der Waals surface area contributed by atoms with Gasteiger partial charge in [0.25, 0.3) is 10.0 Å². The van der Waals surface area contributed by atoms with Crippen molar-refractivity contribution in [2.75, 3.05) is 15.8 Å². The number of halogens is 1. The van der Waals surface area contributed by atoms with E-state index in [4.69, 9.17) is 17.3 Å². The van der Waals surface area contributed by atoms with Gasteiger partial charge in [-0.05, 0) is 76.3 Å². The van der Waals surface area contributed by atoms with E-state index in [-0.39, 0.29) is 207 Å². The monoisotopic (exact) mass is 1180 g/mol. The molecule has 0 saturated heterocycles. The summed E-state index contributed by atoms with van der Waals surface area (Å²) in [5.74, 6) is -1.75. The Morgan fingerprint density at radius 3 is 1.64 bits per heavy atom. The maximum atomic E-state index is 14.6. The molecule has 0 spiro atoms. The van der Waals surface area contributed by atoms with Crippen molar-refractivity contribution in [3.63, 3.8) is 0 Å². The van der Waals surface area contributed by atoms with Crippen molar-refractivity contribution in [2.45, 2.75) is 19.6 Å². The molecule has 0 fully saturated rings. The number of fused-ring (bicyclic) bond motifs is 20. The van der Waals surface area contributed by atoms with E-state index in [2.05, 4.69) is 64.9 Å². The minimum atomic E-state index is -5.31. The largest absolute Gasteiger partial charge is 2.00 e. The van der Waals surface area contributed by atoms with Crippen LogP contribution >= 0.6 is 11.6 Å². The van der Waals surface area contributed by atoms with Gasteiger partial charge in [0.15, 0.2) is 0 Å². The van der Waals surface area contributed by atoms with Gasteiger partial charge in [0.2, 0.25) is 17.2 Å². The molecule has 4 aromatic heterocycles. The first-order chi connectivity index (χ1) is 33.6. The van der Waals surface area contributed by atoms with E-state index in [1.165, 1.54) is 66.7 Å². The summed E-state index contributed by atoms with van der Waals surface area (Å²) in [5, 5.41) is 2.11. The molecular weight excluding hydrogens is 1160 g/mol. The molecule has 0 unspecified atom stereocenters. The average Bonchev–Trinajstić information content (AvgIpc) is 4.03. The summed E-state index contributed by atoms with van der Waals surface area (Å²) in [6, 6.07) is 20.1. The summed E-state index contributed by atoms with van der Waals surface area (Å²) in [4.78, 5) is 45.1. The standard InChI is InChI=1S/C41H23ClN14O11S4.Cu.3Na/c42-39-53-40(43)55-41(54-39)44-17-5-1-6-18(15-17)56-68(57,58)25-10-2-7-21-28(25)36-48-33(21)49-38-30-23(9-4-12-27(30)71(65,66)67)34(51-38)50-37-29-22(8-3-11-26(29)70(62,63)64)32(47-37)45-31-20-14-13-19(69(59,60)61)16-24(20)35(46-31)52-36;;;;/h1-16,56H,(H6-2,43,44,45,46,47,48,49,50,51,52,53,54,55,59,60,61,62,63,64,65,66,67);;;;/q-2;+2;3*+1/p-3. The molecule has 2 aliphatic rings. The first-order valence-corrected chi connectivity index (χ1v) is 25.9. The second-order valence-electron chi connectivity index (χ2n) is 15.2. The first kappa shape index (κ1) is 58.1. The number of rotatable bonds is 8. The molecule has 25 nitrogen and oxygen atoms in total. The van der Waals surface area contributed by atoms with Crippen LogP contribution in [0.1, 0.15) is 0 Å². The Morgan fingerprint density at radius 1 is 0.493 bits per heavy atom. The van der Waals surface area contributed by atoms with Crippen LogP contribution in [0.4, 0.5) is 23.3 Å². The number of hydrogen-bond donors (Lipinski definition) is 3. The van der Waals surface area contributed by atoms with Crippen molar-refractivity contribution < 1.29 is 153 Å². The van der Waals surface area contributed by atoms with Crippen LogP contribution in [0.2, 0.25) is 5.28 Å². The number of sulfonamides is 1. The molecule has 0 aliphatic carbocycles. The predicted molar refractivity (Wildman–Crippen MR) is 248 cm³/mol. The number of anilines is 4. The van der Waals surface area contributed by atoms with Crippen LogP contribution in [-0.2, 0) is 57.4 Å². The van der Waals surface area contributed by atoms with Gasteiger partial charge < -0.3 is 54.6 Å². The number of nitrogens with zero attached hydrogens (tertiary/aromatic N) is 11. The maximum absolute atomic E-state index is 14.6. The van der Waals surface area contributed by atoms with E-state index in [0.29, 0.717) is 0 Å².